The molecular formula is C21H23N9O3. The smallest absolute Gasteiger partial charge is 0.259 e. The summed E-state index contributed by atoms with van der Waals surface area (Å²) < 4.78 is 9.49. The van der Waals surface area contributed by atoms with Gasteiger partial charge < -0.3 is 25.4 Å². The number of hydrogen-bond acceptors (Lipinski definition) is 9. The van der Waals surface area contributed by atoms with Crippen LogP contribution in [0.4, 0.5) is 17.3 Å². The van der Waals surface area contributed by atoms with E-state index in [1.165, 1.54) is 6.20 Å². The molecule has 12 nitrogen and oxygen atoms in total. The van der Waals surface area contributed by atoms with Crippen molar-refractivity contribution in [3.63, 3.8) is 0 Å². The van der Waals surface area contributed by atoms with Gasteiger partial charge in [-0.25, -0.2) is 9.67 Å². The third kappa shape index (κ3) is 3.09. The maximum Gasteiger partial charge on any atom is 0.259 e. The van der Waals surface area contributed by atoms with E-state index in [4.69, 9.17) is 9.72 Å². The molecule has 33 heavy (non-hydrogen) atoms. The van der Waals surface area contributed by atoms with Gasteiger partial charge in [-0.1, -0.05) is 5.21 Å². The van der Waals surface area contributed by atoms with E-state index in [0.717, 1.165) is 16.8 Å². The molecule has 6 bridgehead atoms. The molecule has 1 aromatic carbocycles. The van der Waals surface area contributed by atoms with Gasteiger partial charge in [-0.05, 0) is 24.1 Å². The lowest BCUT2D eigenvalue weighted by atomic mass is 10.1. The van der Waals surface area contributed by atoms with E-state index in [0.29, 0.717) is 47.9 Å². The lowest BCUT2D eigenvalue weighted by Crippen LogP contribution is -2.38. The first-order chi connectivity index (χ1) is 16.1. The van der Waals surface area contributed by atoms with Crippen molar-refractivity contribution in [3.8, 4) is 0 Å². The van der Waals surface area contributed by atoms with Gasteiger partial charge in [0.15, 0.2) is 5.65 Å². The van der Waals surface area contributed by atoms with Gasteiger partial charge in [-0.15, -0.1) is 5.10 Å². The monoisotopic (exact) mass is 449 g/mol. The number of hydrogen-bond donors (Lipinski definition) is 3. The molecule has 3 N–H and O–H groups in total. The van der Waals surface area contributed by atoms with E-state index in [1.807, 2.05) is 25.2 Å². The second-order valence-electron chi connectivity index (χ2n) is 8.38. The van der Waals surface area contributed by atoms with E-state index in [9.17, 15) is 9.90 Å². The molecule has 5 heterocycles. The molecule has 12 heteroatoms. The SMILES string of the molecule is CNc1cc2nc3c(cnn13)C(=O)N1C[C@@H](C[C@H]1CO)OCc1cc(c3nnn(C)c3c1)N2. The fourth-order valence-corrected chi connectivity index (χ4v) is 4.65. The number of rotatable bonds is 2. The Bertz CT molecular complexity index is 1390. The van der Waals surface area contributed by atoms with Crippen LogP contribution in [0.25, 0.3) is 16.7 Å². The number of carbonyl (C=O) groups excluding carboxylic acids is 1. The molecule has 3 aromatic heterocycles. The quantitative estimate of drug-likeness (QED) is 0.408. The Kier molecular flexibility index (Phi) is 4.45. The molecule has 6 rings (SSSR count). The summed E-state index contributed by atoms with van der Waals surface area (Å²) in [7, 11) is 3.63. The predicted molar refractivity (Wildman–Crippen MR) is 119 cm³/mol. The van der Waals surface area contributed by atoms with Gasteiger partial charge in [0.1, 0.15) is 22.7 Å². The molecule has 2 atom stereocenters. The zero-order chi connectivity index (χ0) is 22.7. The Balaban J connectivity index is 1.57. The van der Waals surface area contributed by atoms with Gasteiger partial charge in [0.2, 0.25) is 0 Å². The molecule has 4 aromatic rings. The van der Waals surface area contributed by atoms with Crippen molar-refractivity contribution in [3.05, 3.63) is 35.5 Å². The van der Waals surface area contributed by atoms with Crippen LogP contribution in [-0.2, 0) is 18.4 Å². The molecule has 2 aliphatic rings. The Morgan fingerprint density at radius 1 is 1.33 bits per heavy atom. The average Bonchev–Trinajstić information content (AvgIpc) is 3.53. The molecule has 0 radical (unpaired) electrons. The largest absolute Gasteiger partial charge is 0.394 e. The van der Waals surface area contributed by atoms with E-state index in [1.54, 1.807) is 21.1 Å². The number of aliphatic hydroxyl groups is 1. The highest BCUT2D eigenvalue weighted by molar-refractivity contribution is 6.00. The highest BCUT2D eigenvalue weighted by atomic mass is 16.5. The first kappa shape index (κ1) is 19.9. The molecule has 0 unspecified atom stereocenters. The fraction of sp³-hybridized carbons (Fsp3) is 0.381. The van der Waals surface area contributed by atoms with Crippen molar-refractivity contribution in [2.75, 3.05) is 30.8 Å². The first-order valence-electron chi connectivity index (χ1n) is 10.7. The molecule has 0 spiro atoms. The van der Waals surface area contributed by atoms with E-state index in [2.05, 4.69) is 26.0 Å². The van der Waals surface area contributed by atoms with E-state index < -0.39 is 0 Å². The Labute approximate surface area is 188 Å². The summed E-state index contributed by atoms with van der Waals surface area (Å²) in [6, 6.07) is 5.46. The number of anilines is 3. The summed E-state index contributed by atoms with van der Waals surface area (Å²) in [4.78, 5) is 19.8. The zero-order valence-corrected chi connectivity index (χ0v) is 18.2. The summed E-state index contributed by atoms with van der Waals surface area (Å²) in [5.74, 6) is 0.969. The summed E-state index contributed by atoms with van der Waals surface area (Å²) >= 11 is 0. The number of benzene rings is 1. The minimum Gasteiger partial charge on any atom is -0.394 e. The Hall–Kier alpha value is -3.77. The van der Waals surface area contributed by atoms with Crippen LogP contribution in [0.5, 0.6) is 0 Å². The van der Waals surface area contributed by atoms with Gasteiger partial charge >= 0.3 is 0 Å². The number of aliphatic hydroxyl groups excluding tert-OH is 1. The maximum atomic E-state index is 13.5. The summed E-state index contributed by atoms with van der Waals surface area (Å²) in [5.41, 5.74) is 4.03. The average molecular weight is 449 g/mol. The van der Waals surface area contributed by atoms with Gasteiger partial charge in [0.25, 0.3) is 5.91 Å². The third-order valence-electron chi connectivity index (χ3n) is 6.33. The lowest BCUT2D eigenvalue weighted by Gasteiger charge is -2.22. The van der Waals surface area contributed by atoms with Gasteiger partial charge in [0, 0.05) is 26.7 Å². The maximum absolute atomic E-state index is 13.5. The molecule has 0 saturated carbocycles. The van der Waals surface area contributed by atoms with Gasteiger partial charge in [-0.3, -0.25) is 4.79 Å². The summed E-state index contributed by atoms with van der Waals surface area (Å²) in [6.07, 6.45) is 1.89. The number of carbonyl (C=O) groups is 1. The molecule has 1 amide bonds. The van der Waals surface area contributed by atoms with Gasteiger partial charge in [-0.2, -0.15) is 9.61 Å². The third-order valence-corrected chi connectivity index (χ3v) is 6.33. The van der Waals surface area contributed by atoms with Crippen LogP contribution in [0.2, 0.25) is 0 Å². The number of aromatic nitrogens is 6. The summed E-state index contributed by atoms with van der Waals surface area (Å²) in [6.45, 7) is 0.609. The lowest BCUT2D eigenvalue weighted by molar-refractivity contribution is 0.0438. The van der Waals surface area contributed by atoms with Crippen LogP contribution in [-0.4, -0.2) is 77.9 Å². The highest BCUT2D eigenvalue weighted by Crippen LogP contribution is 2.31. The molecule has 2 aliphatic heterocycles. The van der Waals surface area contributed by atoms with E-state index >= 15 is 0 Å². The zero-order valence-electron chi connectivity index (χ0n) is 18.2. The minimum absolute atomic E-state index is 0.135. The number of aryl methyl sites for hydroxylation is 1. The number of nitrogens with zero attached hydrogens (tertiary/aromatic N) is 7. The van der Waals surface area contributed by atoms with Crippen molar-refractivity contribution in [1.29, 1.82) is 0 Å². The van der Waals surface area contributed by atoms with Crippen molar-refractivity contribution < 1.29 is 14.6 Å². The van der Waals surface area contributed by atoms with Crippen LogP contribution in [0.1, 0.15) is 22.3 Å². The first-order valence-corrected chi connectivity index (χ1v) is 10.7. The van der Waals surface area contributed by atoms with Crippen LogP contribution in [0, 0.1) is 0 Å². The molecule has 170 valence electrons. The normalized spacial score (nSPS) is 20.5. The predicted octanol–water partition coefficient (Wildman–Crippen LogP) is 0.902. The number of nitrogens with one attached hydrogen (secondary N) is 2. The topological polar surface area (TPSA) is 135 Å². The fourth-order valence-electron chi connectivity index (χ4n) is 4.65. The molecule has 0 aliphatic carbocycles. The standard InChI is InChI=1S/C21H23N9O3/c1-22-18-6-17-24-15-3-11(4-16-19(15)26-27-28(16)2)10-33-13-5-12(9-31)29(8-13)21(32)14-7-23-30(18)20(14)25-17/h3-4,6-7,12-13,22,31H,5,8-10H2,1-2H3,(H,24,25)/t12-,13+/m0/s1. The second kappa shape index (κ2) is 7.39. The highest BCUT2D eigenvalue weighted by Gasteiger charge is 2.37. The van der Waals surface area contributed by atoms with Crippen molar-refractivity contribution >= 4 is 39.9 Å². The van der Waals surface area contributed by atoms with Gasteiger partial charge in [0.05, 0.1) is 42.8 Å². The van der Waals surface area contributed by atoms with Crippen LogP contribution in [0.3, 0.4) is 0 Å². The van der Waals surface area contributed by atoms with Crippen molar-refractivity contribution in [1.82, 2.24) is 34.5 Å². The van der Waals surface area contributed by atoms with Crippen molar-refractivity contribution in [2.45, 2.75) is 25.2 Å². The van der Waals surface area contributed by atoms with Crippen LogP contribution in [0.15, 0.2) is 24.4 Å². The van der Waals surface area contributed by atoms with Crippen LogP contribution >= 0.6 is 0 Å². The molecule has 1 fully saturated rings. The van der Waals surface area contributed by atoms with Crippen molar-refractivity contribution in [2.24, 2.45) is 7.05 Å². The minimum atomic E-state index is -0.327. The second-order valence-corrected chi connectivity index (χ2v) is 8.38. The number of amides is 1. The number of ether oxygens (including phenoxy) is 1. The Morgan fingerprint density at radius 2 is 2.21 bits per heavy atom. The Morgan fingerprint density at radius 3 is 3.03 bits per heavy atom. The number of fused-ring (bicyclic) bond motifs is 7. The molecular weight excluding hydrogens is 426 g/mol. The van der Waals surface area contributed by atoms with E-state index in [-0.39, 0.29) is 24.7 Å². The molecule has 1 saturated heterocycles. The summed E-state index contributed by atoms with van der Waals surface area (Å²) in [5, 5.41) is 29.2. The van der Waals surface area contributed by atoms with Crippen LogP contribution < -0.4 is 10.6 Å².